The first-order valence-electron chi connectivity index (χ1n) is 22.6. The lowest BCUT2D eigenvalue weighted by molar-refractivity contribution is 0.669. The van der Waals surface area contributed by atoms with Gasteiger partial charge >= 0.3 is 0 Å². The third kappa shape index (κ3) is 5.65. The van der Waals surface area contributed by atoms with Gasteiger partial charge < -0.3 is 4.42 Å². The lowest BCUT2D eigenvalue weighted by atomic mass is 9.85. The van der Waals surface area contributed by atoms with Crippen molar-refractivity contribution < 1.29 is 4.42 Å². The van der Waals surface area contributed by atoms with Gasteiger partial charge in [-0.25, -0.2) is 0 Å². The summed E-state index contributed by atoms with van der Waals surface area (Å²) in [7, 11) is 0. The molecule has 0 N–H and O–H groups in total. The Morgan fingerprint density at radius 1 is 0.212 bits per heavy atom. The van der Waals surface area contributed by atoms with E-state index in [9.17, 15) is 0 Å². The summed E-state index contributed by atoms with van der Waals surface area (Å²) >= 11 is 1.87. The Hall–Kier alpha value is -8.30. The molecule has 1 nitrogen and oxygen atoms in total. The molecule has 2 heterocycles. The molecule has 2 heteroatoms. The smallest absolute Gasteiger partial charge is 0.136 e. The van der Waals surface area contributed by atoms with Crippen molar-refractivity contribution in [1.82, 2.24) is 0 Å². The Balaban J connectivity index is 0.932. The van der Waals surface area contributed by atoms with E-state index in [0.29, 0.717) is 0 Å². The summed E-state index contributed by atoms with van der Waals surface area (Å²) in [6.45, 7) is 0. The molecule has 0 amide bonds. The second-order valence-electron chi connectivity index (χ2n) is 17.5. The molecule has 0 aliphatic heterocycles. The number of rotatable bonds is 5. The van der Waals surface area contributed by atoms with Crippen LogP contribution in [0.5, 0.6) is 0 Å². The van der Waals surface area contributed by atoms with Crippen LogP contribution in [-0.2, 0) is 0 Å². The minimum Gasteiger partial charge on any atom is -0.456 e. The summed E-state index contributed by atoms with van der Waals surface area (Å²) in [6.07, 6.45) is 0. The molecule has 66 heavy (non-hydrogen) atoms. The van der Waals surface area contributed by atoms with Crippen LogP contribution in [0.4, 0.5) is 0 Å². The van der Waals surface area contributed by atoms with Crippen LogP contribution < -0.4 is 0 Å². The van der Waals surface area contributed by atoms with Crippen LogP contribution in [0, 0.1) is 0 Å². The van der Waals surface area contributed by atoms with Gasteiger partial charge in [0.15, 0.2) is 0 Å². The number of thiophene rings is 1. The maximum Gasteiger partial charge on any atom is 0.136 e. The van der Waals surface area contributed by atoms with Gasteiger partial charge in [-0.15, -0.1) is 11.3 Å². The predicted molar refractivity (Wildman–Crippen MR) is 284 cm³/mol. The molecule has 12 aromatic carbocycles. The minimum atomic E-state index is 0.886. The van der Waals surface area contributed by atoms with Crippen molar-refractivity contribution in [2.45, 2.75) is 0 Å². The SMILES string of the molecule is c1ccc(-c2ccc3sc4ccc(-c5c6ccccc6c(-c6ccc7oc8cc(-c9c%10ccccc%10c(-c%10ccccc%10)c%10ccccc9%10)ccc8c7c6)c6ccccc56)cc4c3c2)cc1. The van der Waals surface area contributed by atoms with Gasteiger partial charge in [-0.2, -0.15) is 0 Å². The fourth-order valence-electron chi connectivity index (χ4n) is 10.9. The molecule has 0 aliphatic carbocycles. The molecule has 0 saturated heterocycles. The highest BCUT2D eigenvalue weighted by Gasteiger charge is 2.21. The fourth-order valence-corrected chi connectivity index (χ4v) is 12.0. The van der Waals surface area contributed by atoms with Gasteiger partial charge in [0, 0.05) is 30.9 Å². The second kappa shape index (κ2) is 14.6. The van der Waals surface area contributed by atoms with Crippen molar-refractivity contribution in [1.29, 1.82) is 0 Å². The molecule has 0 bridgehead atoms. The van der Waals surface area contributed by atoms with Crippen molar-refractivity contribution in [3.8, 4) is 55.6 Å². The lowest BCUT2D eigenvalue weighted by Gasteiger charge is -2.18. The first kappa shape index (κ1) is 37.1. The minimum absolute atomic E-state index is 0.886. The maximum atomic E-state index is 6.77. The van der Waals surface area contributed by atoms with Gasteiger partial charge in [0.05, 0.1) is 0 Å². The van der Waals surface area contributed by atoms with Gasteiger partial charge in [-0.05, 0) is 147 Å². The number of hydrogen-bond donors (Lipinski definition) is 0. The molecular weight excluding hydrogens is 817 g/mol. The van der Waals surface area contributed by atoms with E-state index in [1.807, 2.05) is 11.3 Å². The quantitative estimate of drug-likeness (QED) is 0.157. The van der Waals surface area contributed by atoms with Crippen LogP contribution in [0.3, 0.4) is 0 Å². The van der Waals surface area contributed by atoms with Gasteiger partial charge in [0.25, 0.3) is 0 Å². The van der Waals surface area contributed by atoms with Crippen LogP contribution in [0.2, 0.25) is 0 Å². The topological polar surface area (TPSA) is 13.1 Å². The van der Waals surface area contributed by atoms with Crippen LogP contribution in [0.25, 0.3) is 141 Å². The summed E-state index contributed by atoms with van der Waals surface area (Å²) in [5.41, 5.74) is 14.0. The van der Waals surface area contributed by atoms with E-state index in [4.69, 9.17) is 4.42 Å². The summed E-state index contributed by atoms with van der Waals surface area (Å²) in [6, 6.07) is 84.6. The molecule has 0 fully saturated rings. The Morgan fingerprint density at radius 3 is 1.08 bits per heavy atom. The van der Waals surface area contributed by atoms with Crippen LogP contribution in [-0.4, -0.2) is 0 Å². The standard InChI is InChI=1S/C64H38OS/c1-3-15-39(16-4-1)41-29-33-59-55(35-41)56-37-43(30-34-60(56)66-59)63-52-25-13-11-23-50(52)62(51-24-12-14-26-53(51)63)42-28-32-57-54(36-42)45-31-27-44(38-58(45)65-57)64-48-21-9-7-19-46(48)61(40-17-5-2-6-18-40)47-20-8-10-22-49(47)64/h1-38H. The van der Waals surface area contributed by atoms with Gasteiger partial charge in [-0.3, -0.25) is 0 Å². The molecule has 0 unspecified atom stereocenters. The highest BCUT2D eigenvalue weighted by atomic mass is 32.1. The van der Waals surface area contributed by atoms with E-state index >= 15 is 0 Å². The third-order valence-electron chi connectivity index (χ3n) is 13.8. The maximum absolute atomic E-state index is 6.77. The van der Waals surface area contributed by atoms with E-state index in [0.717, 1.165) is 27.5 Å². The Bertz CT molecular complexity index is 4160. The largest absolute Gasteiger partial charge is 0.456 e. The molecule has 0 radical (unpaired) electrons. The fraction of sp³-hybridized carbons (Fsp3) is 0. The first-order chi connectivity index (χ1) is 32.7. The summed E-state index contributed by atoms with van der Waals surface area (Å²) in [4.78, 5) is 0. The number of benzene rings is 12. The molecular formula is C64H38OS. The average molecular weight is 855 g/mol. The van der Waals surface area contributed by atoms with Gasteiger partial charge in [-0.1, -0.05) is 182 Å². The van der Waals surface area contributed by atoms with E-state index in [2.05, 4.69) is 231 Å². The normalized spacial score (nSPS) is 11.9. The highest BCUT2D eigenvalue weighted by Crippen LogP contribution is 2.48. The lowest BCUT2D eigenvalue weighted by Crippen LogP contribution is -1.91. The van der Waals surface area contributed by atoms with Crippen molar-refractivity contribution >= 4 is 96.5 Å². The third-order valence-corrected chi connectivity index (χ3v) is 15.0. The van der Waals surface area contributed by atoms with Crippen molar-refractivity contribution in [2.24, 2.45) is 0 Å². The Morgan fingerprint density at radius 2 is 0.576 bits per heavy atom. The van der Waals surface area contributed by atoms with Crippen molar-refractivity contribution in [3.63, 3.8) is 0 Å². The molecule has 0 atom stereocenters. The predicted octanol–water partition coefficient (Wildman–Crippen LogP) is 18.9. The van der Waals surface area contributed by atoms with E-state index in [1.54, 1.807) is 0 Å². The van der Waals surface area contributed by atoms with Crippen molar-refractivity contribution in [2.75, 3.05) is 0 Å². The number of furan rings is 1. The van der Waals surface area contributed by atoms with Gasteiger partial charge in [0.2, 0.25) is 0 Å². The zero-order valence-corrected chi connectivity index (χ0v) is 36.6. The molecule has 0 saturated carbocycles. The summed E-state index contributed by atoms with van der Waals surface area (Å²) in [5.74, 6) is 0. The zero-order chi connectivity index (χ0) is 43.3. The first-order valence-corrected chi connectivity index (χ1v) is 23.5. The average Bonchev–Trinajstić information content (AvgIpc) is 3.94. The molecule has 0 spiro atoms. The van der Waals surface area contributed by atoms with Gasteiger partial charge in [0.1, 0.15) is 11.2 Å². The van der Waals surface area contributed by atoms with Crippen LogP contribution >= 0.6 is 11.3 Å². The summed E-state index contributed by atoms with van der Waals surface area (Å²) < 4.78 is 9.38. The zero-order valence-electron chi connectivity index (χ0n) is 35.8. The van der Waals surface area contributed by atoms with E-state index in [-0.39, 0.29) is 0 Å². The Kier molecular flexibility index (Phi) is 8.22. The monoisotopic (exact) mass is 854 g/mol. The van der Waals surface area contributed by atoms with E-state index < -0.39 is 0 Å². The Labute approximate surface area is 385 Å². The van der Waals surface area contributed by atoms with Crippen LogP contribution in [0.15, 0.2) is 235 Å². The van der Waals surface area contributed by atoms with E-state index in [1.165, 1.54) is 113 Å². The summed E-state index contributed by atoms with van der Waals surface area (Å²) in [5, 5.41) is 14.8. The number of fused-ring (bicyclic) bond motifs is 10. The highest BCUT2D eigenvalue weighted by molar-refractivity contribution is 7.25. The molecule has 306 valence electrons. The van der Waals surface area contributed by atoms with Crippen LogP contribution in [0.1, 0.15) is 0 Å². The van der Waals surface area contributed by atoms with Crippen molar-refractivity contribution in [3.05, 3.63) is 231 Å². The number of hydrogen-bond acceptors (Lipinski definition) is 2. The molecule has 2 aromatic heterocycles. The molecule has 0 aliphatic rings. The second-order valence-corrected chi connectivity index (χ2v) is 18.5. The molecule has 14 aromatic rings. The molecule has 14 rings (SSSR count).